The number of hydrogen-bond donors (Lipinski definition) is 3. The van der Waals surface area contributed by atoms with E-state index in [1.807, 2.05) is 51.1 Å². The van der Waals surface area contributed by atoms with Gasteiger partial charge >= 0.3 is 6.03 Å². The molecule has 0 spiro atoms. The summed E-state index contributed by atoms with van der Waals surface area (Å²) in [6, 6.07) is 14.5. The molecule has 1 aliphatic carbocycles. The largest absolute Gasteiger partial charge is 0.507 e. The molecule has 0 saturated heterocycles. The molecular weight excluding hydrogens is 428 g/mol. The molecule has 2 aromatic carbocycles. The van der Waals surface area contributed by atoms with Gasteiger partial charge in [0.25, 0.3) is 0 Å². The minimum Gasteiger partial charge on any atom is -0.507 e. The van der Waals surface area contributed by atoms with Crippen molar-refractivity contribution in [3.05, 3.63) is 65.4 Å². The summed E-state index contributed by atoms with van der Waals surface area (Å²) in [5, 5.41) is 21.0. The maximum Gasteiger partial charge on any atom is 0.342 e. The number of anilines is 1. The van der Waals surface area contributed by atoms with Crippen molar-refractivity contribution < 1.29 is 14.7 Å². The van der Waals surface area contributed by atoms with Crippen LogP contribution >= 0.6 is 0 Å². The Morgan fingerprint density at radius 1 is 1.09 bits per heavy atom. The van der Waals surface area contributed by atoms with Crippen molar-refractivity contribution in [1.82, 2.24) is 15.1 Å². The summed E-state index contributed by atoms with van der Waals surface area (Å²) in [5.74, 6) is 0.0227. The number of carbonyl (C=O) groups is 2. The zero-order valence-electron chi connectivity index (χ0n) is 20.0. The van der Waals surface area contributed by atoms with Gasteiger partial charge in [0.05, 0.1) is 11.4 Å². The summed E-state index contributed by atoms with van der Waals surface area (Å²) in [4.78, 5) is 25.3. The molecule has 1 heterocycles. The lowest BCUT2D eigenvalue weighted by atomic mass is 10.0. The first-order valence-corrected chi connectivity index (χ1v) is 11.9. The van der Waals surface area contributed by atoms with E-state index in [1.165, 1.54) is 16.3 Å². The number of aryl methyl sites for hydroxylation is 1. The molecule has 0 bridgehead atoms. The fraction of sp³-hybridized carbons (Fsp3) is 0.370. The number of phenolic OH excluding ortho intramolecular Hbond substituents is 1. The summed E-state index contributed by atoms with van der Waals surface area (Å²) in [6.07, 6.45) is 4.26. The second kappa shape index (κ2) is 10.1. The normalized spacial score (nSPS) is 13.9. The number of aromatic nitrogens is 2. The number of carbonyl (C=O) groups excluding carboxylic acids is 2. The number of nitrogens with one attached hydrogen (secondary N) is 2. The minimum absolute atomic E-state index is 0.0465. The van der Waals surface area contributed by atoms with Crippen molar-refractivity contribution in [2.24, 2.45) is 5.92 Å². The first kappa shape index (κ1) is 23.5. The highest BCUT2D eigenvalue weighted by Gasteiger charge is 2.26. The van der Waals surface area contributed by atoms with E-state index in [0.29, 0.717) is 23.5 Å². The Morgan fingerprint density at radius 2 is 1.79 bits per heavy atom. The molecule has 3 aromatic rings. The van der Waals surface area contributed by atoms with Gasteiger partial charge in [-0.15, -0.1) is 0 Å². The van der Waals surface area contributed by atoms with Crippen LogP contribution in [-0.4, -0.2) is 26.8 Å². The highest BCUT2D eigenvalue weighted by Crippen LogP contribution is 2.38. The fourth-order valence-electron chi connectivity index (χ4n) is 4.27. The predicted molar refractivity (Wildman–Crippen MR) is 133 cm³/mol. The molecular formula is C27H32N4O3. The van der Waals surface area contributed by atoms with E-state index in [2.05, 4.69) is 15.7 Å². The molecule has 178 valence electrons. The number of nitrogens with zero attached hydrogens (tertiary/aromatic N) is 2. The van der Waals surface area contributed by atoms with Crippen LogP contribution in [0.4, 0.5) is 10.5 Å². The Balaban J connectivity index is 1.63. The van der Waals surface area contributed by atoms with Crippen LogP contribution in [0.5, 0.6) is 5.75 Å². The maximum atomic E-state index is 13.1. The van der Waals surface area contributed by atoms with Gasteiger partial charge in [0.1, 0.15) is 5.75 Å². The van der Waals surface area contributed by atoms with Crippen LogP contribution < -0.4 is 10.6 Å². The lowest BCUT2D eigenvalue weighted by Gasteiger charge is -2.12. The maximum absolute atomic E-state index is 13.1. The fourth-order valence-corrected chi connectivity index (χ4v) is 4.27. The monoisotopic (exact) mass is 460 g/mol. The molecule has 1 aliphatic rings. The van der Waals surface area contributed by atoms with Crippen molar-refractivity contribution in [3.63, 3.8) is 0 Å². The quantitative estimate of drug-likeness (QED) is 0.419. The van der Waals surface area contributed by atoms with E-state index < -0.39 is 0 Å². The molecule has 34 heavy (non-hydrogen) atoms. The Kier molecular flexibility index (Phi) is 7.01. The minimum atomic E-state index is -0.294. The summed E-state index contributed by atoms with van der Waals surface area (Å²) >= 11 is 0. The van der Waals surface area contributed by atoms with Crippen LogP contribution in [0.15, 0.2) is 48.5 Å². The molecule has 0 aliphatic heterocycles. The van der Waals surface area contributed by atoms with E-state index >= 15 is 0 Å². The number of amides is 2. The summed E-state index contributed by atoms with van der Waals surface area (Å²) in [5.41, 5.74) is 4.59. The first-order valence-electron chi connectivity index (χ1n) is 11.9. The molecule has 7 nitrogen and oxygen atoms in total. The van der Waals surface area contributed by atoms with Gasteiger partial charge in [-0.3, -0.25) is 4.79 Å². The van der Waals surface area contributed by atoms with Gasteiger partial charge in [0.15, 0.2) is 0 Å². The third-order valence-electron chi connectivity index (χ3n) is 6.33. The zero-order valence-corrected chi connectivity index (χ0v) is 20.0. The van der Waals surface area contributed by atoms with Crippen LogP contribution in [0.1, 0.15) is 62.3 Å². The average molecular weight is 461 g/mol. The second-order valence-corrected chi connectivity index (χ2v) is 9.37. The van der Waals surface area contributed by atoms with Crippen LogP contribution in [-0.2, 0) is 11.3 Å². The van der Waals surface area contributed by atoms with Crippen molar-refractivity contribution in [3.8, 4) is 17.0 Å². The second-order valence-electron chi connectivity index (χ2n) is 9.37. The number of phenols is 1. The topological polar surface area (TPSA) is 96.3 Å². The number of benzene rings is 2. The van der Waals surface area contributed by atoms with Gasteiger partial charge in [-0.25, -0.2) is 4.79 Å². The van der Waals surface area contributed by atoms with E-state index in [9.17, 15) is 14.7 Å². The SMILES string of the molecule is Cc1ccc(CNC(=O)n2nc(-c3cc(NC(=O)C(C)C)ccc3O)cc2C2CCCC2)cc1. The number of rotatable bonds is 6. The molecule has 0 atom stereocenters. The molecule has 1 saturated carbocycles. The van der Waals surface area contributed by atoms with Crippen molar-refractivity contribution in [2.75, 3.05) is 5.32 Å². The van der Waals surface area contributed by atoms with E-state index in [-0.39, 0.29) is 29.5 Å². The summed E-state index contributed by atoms with van der Waals surface area (Å²) in [6.45, 7) is 6.07. The van der Waals surface area contributed by atoms with Gasteiger partial charge in [0.2, 0.25) is 5.91 Å². The van der Waals surface area contributed by atoms with Crippen LogP contribution in [0.25, 0.3) is 11.3 Å². The number of aromatic hydroxyl groups is 1. The van der Waals surface area contributed by atoms with Crippen LogP contribution in [0, 0.1) is 12.8 Å². The van der Waals surface area contributed by atoms with Gasteiger partial charge in [0, 0.05) is 29.6 Å². The van der Waals surface area contributed by atoms with Gasteiger partial charge in [-0.1, -0.05) is 56.5 Å². The molecule has 2 amide bonds. The van der Waals surface area contributed by atoms with Crippen molar-refractivity contribution in [1.29, 1.82) is 0 Å². The summed E-state index contributed by atoms with van der Waals surface area (Å²) < 4.78 is 1.44. The average Bonchev–Trinajstić information content (AvgIpc) is 3.50. The Hall–Kier alpha value is -3.61. The standard InChI is InChI=1S/C27H32N4O3/c1-17(2)26(33)29-21-12-13-25(32)22(14-21)23-15-24(20-6-4-5-7-20)31(30-23)27(34)28-16-19-10-8-18(3)9-11-19/h8-15,17,20,32H,4-7,16H2,1-3H3,(H,28,34)(H,29,33). The Bertz CT molecular complexity index is 1180. The smallest absolute Gasteiger partial charge is 0.342 e. The van der Waals surface area contributed by atoms with Crippen LogP contribution in [0.3, 0.4) is 0 Å². The Morgan fingerprint density at radius 3 is 2.47 bits per heavy atom. The first-order chi connectivity index (χ1) is 16.3. The Labute approximate surface area is 200 Å². The summed E-state index contributed by atoms with van der Waals surface area (Å²) in [7, 11) is 0. The molecule has 1 aromatic heterocycles. The van der Waals surface area contributed by atoms with Gasteiger partial charge in [-0.2, -0.15) is 9.78 Å². The molecule has 3 N–H and O–H groups in total. The highest BCUT2D eigenvalue weighted by molar-refractivity contribution is 5.93. The molecule has 0 unspecified atom stereocenters. The molecule has 4 rings (SSSR count). The zero-order chi connectivity index (χ0) is 24.2. The van der Waals surface area contributed by atoms with Crippen LogP contribution in [0.2, 0.25) is 0 Å². The lowest BCUT2D eigenvalue weighted by molar-refractivity contribution is -0.118. The molecule has 7 heteroatoms. The number of hydrogen-bond acceptors (Lipinski definition) is 4. The van der Waals surface area contributed by atoms with Crippen molar-refractivity contribution in [2.45, 2.75) is 58.9 Å². The third kappa shape index (κ3) is 5.30. The van der Waals surface area contributed by atoms with Gasteiger partial charge in [-0.05, 0) is 49.6 Å². The molecule has 0 radical (unpaired) electrons. The predicted octanol–water partition coefficient (Wildman–Crippen LogP) is 5.57. The third-order valence-corrected chi connectivity index (χ3v) is 6.33. The lowest BCUT2D eigenvalue weighted by Crippen LogP contribution is -2.30. The van der Waals surface area contributed by atoms with Gasteiger partial charge < -0.3 is 15.7 Å². The van der Waals surface area contributed by atoms with E-state index in [4.69, 9.17) is 0 Å². The molecule has 1 fully saturated rings. The highest BCUT2D eigenvalue weighted by atomic mass is 16.3. The van der Waals surface area contributed by atoms with E-state index in [0.717, 1.165) is 36.9 Å². The van der Waals surface area contributed by atoms with E-state index in [1.54, 1.807) is 12.1 Å². The van der Waals surface area contributed by atoms with Crippen molar-refractivity contribution >= 4 is 17.6 Å².